The Morgan fingerprint density at radius 3 is 2.48 bits per heavy atom. The summed E-state index contributed by atoms with van der Waals surface area (Å²) >= 11 is 0. The van der Waals surface area contributed by atoms with E-state index in [0.29, 0.717) is 17.6 Å². The molecule has 0 saturated heterocycles. The molecule has 146 valence electrons. The van der Waals surface area contributed by atoms with Gasteiger partial charge in [0.05, 0.1) is 11.9 Å². The Balaban J connectivity index is 1.48. The quantitative estimate of drug-likeness (QED) is 0.551. The third-order valence-electron chi connectivity index (χ3n) is 4.84. The van der Waals surface area contributed by atoms with Crippen molar-refractivity contribution in [1.82, 2.24) is 24.6 Å². The molecule has 0 aliphatic carbocycles. The molecule has 4 rings (SSSR count). The molecule has 0 bridgehead atoms. The van der Waals surface area contributed by atoms with Crippen LogP contribution in [0.5, 0.6) is 0 Å². The van der Waals surface area contributed by atoms with Crippen LogP contribution in [0.1, 0.15) is 18.4 Å². The Morgan fingerprint density at radius 2 is 1.76 bits per heavy atom. The fourth-order valence-corrected chi connectivity index (χ4v) is 3.20. The summed E-state index contributed by atoms with van der Waals surface area (Å²) in [6, 6.07) is 19.5. The first-order valence-corrected chi connectivity index (χ1v) is 9.43. The molecule has 0 aliphatic heterocycles. The topological polar surface area (TPSA) is 81.8 Å². The number of carbonyl (C=O) groups excluding carboxylic acids is 1. The summed E-state index contributed by atoms with van der Waals surface area (Å²) in [5.74, 6) is -0.0481. The van der Waals surface area contributed by atoms with Gasteiger partial charge in [-0.2, -0.15) is 5.10 Å². The van der Waals surface area contributed by atoms with Crippen LogP contribution in [-0.2, 0) is 11.3 Å². The highest BCUT2D eigenvalue weighted by Crippen LogP contribution is 2.14. The molecular formula is C22H21N5O2. The summed E-state index contributed by atoms with van der Waals surface area (Å²) in [4.78, 5) is 29.5. The van der Waals surface area contributed by atoms with E-state index in [1.165, 1.54) is 17.1 Å². The Morgan fingerprint density at radius 1 is 1.07 bits per heavy atom. The summed E-state index contributed by atoms with van der Waals surface area (Å²) in [6.07, 6.45) is 2.88. The van der Waals surface area contributed by atoms with Gasteiger partial charge in [-0.25, -0.2) is 9.67 Å². The molecule has 0 radical (unpaired) electrons. The molecule has 0 unspecified atom stereocenters. The molecule has 2 aromatic heterocycles. The van der Waals surface area contributed by atoms with Crippen LogP contribution in [0.4, 0.5) is 0 Å². The van der Waals surface area contributed by atoms with Gasteiger partial charge in [0.15, 0.2) is 5.65 Å². The van der Waals surface area contributed by atoms with Crippen molar-refractivity contribution in [3.05, 3.63) is 89.1 Å². The maximum Gasteiger partial charge on any atom is 0.264 e. The van der Waals surface area contributed by atoms with Crippen molar-refractivity contribution in [2.24, 2.45) is 0 Å². The predicted molar refractivity (Wildman–Crippen MR) is 111 cm³/mol. The Labute approximate surface area is 167 Å². The molecule has 0 saturated carbocycles. The lowest BCUT2D eigenvalue weighted by Gasteiger charge is -2.13. The minimum absolute atomic E-state index is 0.0835. The number of hydrogen-bond donors (Lipinski definition) is 1. The van der Waals surface area contributed by atoms with Gasteiger partial charge in [0.2, 0.25) is 5.91 Å². The van der Waals surface area contributed by atoms with Crippen LogP contribution in [0, 0.1) is 0 Å². The number of nitrogens with zero attached hydrogens (tertiary/aromatic N) is 4. The van der Waals surface area contributed by atoms with Gasteiger partial charge in [0.25, 0.3) is 5.56 Å². The number of hydrogen-bond acceptors (Lipinski definition) is 4. The lowest BCUT2D eigenvalue weighted by molar-refractivity contribution is -0.121. The van der Waals surface area contributed by atoms with Crippen molar-refractivity contribution < 1.29 is 4.79 Å². The second-order valence-electron chi connectivity index (χ2n) is 6.92. The van der Waals surface area contributed by atoms with E-state index in [1.54, 1.807) is 4.68 Å². The van der Waals surface area contributed by atoms with Crippen molar-refractivity contribution in [2.45, 2.75) is 19.4 Å². The second-order valence-corrected chi connectivity index (χ2v) is 6.92. The van der Waals surface area contributed by atoms with E-state index >= 15 is 0 Å². The number of benzene rings is 2. The first kappa shape index (κ1) is 18.6. The molecule has 4 aromatic rings. The van der Waals surface area contributed by atoms with Gasteiger partial charge in [-0.05, 0) is 23.6 Å². The fourth-order valence-electron chi connectivity index (χ4n) is 3.20. The van der Waals surface area contributed by atoms with Crippen LogP contribution in [0.15, 0.2) is 78.0 Å². The highest BCUT2D eigenvalue weighted by Gasteiger charge is 2.14. The number of carbonyl (C=O) groups is 1. The van der Waals surface area contributed by atoms with Gasteiger partial charge in [0.1, 0.15) is 18.3 Å². The molecule has 1 N–H and O–H groups in total. The molecule has 2 aromatic carbocycles. The normalized spacial score (nSPS) is 12.0. The molecule has 0 fully saturated rings. The van der Waals surface area contributed by atoms with Gasteiger partial charge in [-0.3, -0.25) is 14.2 Å². The zero-order valence-corrected chi connectivity index (χ0v) is 16.0. The largest absolute Gasteiger partial charge is 0.354 e. The summed E-state index contributed by atoms with van der Waals surface area (Å²) in [6.45, 7) is 2.46. The van der Waals surface area contributed by atoms with Crippen LogP contribution in [0.2, 0.25) is 0 Å². The highest BCUT2D eigenvalue weighted by atomic mass is 16.2. The lowest BCUT2D eigenvalue weighted by Crippen LogP contribution is -2.34. The lowest BCUT2D eigenvalue weighted by atomic mass is 10.0. The van der Waals surface area contributed by atoms with E-state index in [2.05, 4.69) is 15.4 Å². The Hall–Kier alpha value is -3.74. The van der Waals surface area contributed by atoms with Crippen molar-refractivity contribution in [3.8, 4) is 5.69 Å². The first-order chi connectivity index (χ1) is 14.1. The molecule has 1 atom stereocenters. The number of fused-ring (bicyclic) bond motifs is 1. The molecule has 0 aliphatic rings. The smallest absolute Gasteiger partial charge is 0.264 e. The number of para-hydroxylation sites is 1. The molecule has 7 heteroatoms. The maximum atomic E-state index is 12.8. The van der Waals surface area contributed by atoms with E-state index < -0.39 is 0 Å². The van der Waals surface area contributed by atoms with E-state index in [1.807, 2.05) is 67.6 Å². The van der Waals surface area contributed by atoms with E-state index in [4.69, 9.17) is 0 Å². The highest BCUT2D eigenvalue weighted by molar-refractivity contribution is 5.77. The number of nitrogens with one attached hydrogen (secondary N) is 1. The average Bonchev–Trinajstić information content (AvgIpc) is 3.20. The van der Waals surface area contributed by atoms with E-state index in [-0.39, 0.29) is 23.9 Å². The molecule has 29 heavy (non-hydrogen) atoms. The minimum atomic E-state index is -0.288. The first-order valence-electron chi connectivity index (χ1n) is 9.43. The van der Waals surface area contributed by atoms with Gasteiger partial charge >= 0.3 is 0 Å². The Bertz CT molecular complexity index is 1180. The van der Waals surface area contributed by atoms with Crippen molar-refractivity contribution >= 4 is 16.9 Å². The SMILES string of the molecule is C[C@@H](CNC(=O)Cn1cnc2c(cnn2-c2ccccc2)c1=O)c1ccccc1. The Kier molecular flexibility index (Phi) is 5.20. The van der Waals surface area contributed by atoms with Gasteiger partial charge < -0.3 is 5.32 Å². The van der Waals surface area contributed by atoms with Crippen LogP contribution < -0.4 is 10.9 Å². The zero-order chi connectivity index (χ0) is 20.2. The number of aromatic nitrogens is 4. The molecule has 1 amide bonds. The van der Waals surface area contributed by atoms with Crippen molar-refractivity contribution in [2.75, 3.05) is 6.54 Å². The van der Waals surface area contributed by atoms with Gasteiger partial charge in [-0.1, -0.05) is 55.5 Å². The third kappa shape index (κ3) is 3.94. The van der Waals surface area contributed by atoms with Crippen LogP contribution in [0.25, 0.3) is 16.7 Å². The average molecular weight is 387 g/mol. The molecule has 0 spiro atoms. The third-order valence-corrected chi connectivity index (χ3v) is 4.84. The standard InChI is InChI=1S/C22H21N5O2/c1-16(17-8-4-2-5-9-17)12-23-20(28)14-26-15-24-21-19(22(26)29)13-25-27(21)18-10-6-3-7-11-18/h2-11,13,15-16H,12,14H2,1H3,(H,23,28)/t16-/m0/s1. The monoisotopic (exact) mass is 387 g/mol. The van der Waals surface area contributed by atoms with Crippen molar-refractivity contribution in [3.63, 3.8) is 0 Å². The maximum absolute atomic E-state index is 12.8. The van der Waals surface area contributed by atoms with Crippen LogP contribution >= 0.6 is 0 Å². The van der Waals surface area contributed by atoms with Crippen LogP contribution in [0.3, 0.4) is 0 Å². The molecule has 2 heterocycles. The number of rotatable bonds is 6. The fraction of sp³-hybridized carbons (Fsp3) is 0.182. The summed E-state index contributed by atoms with van der Waals surface area (Å²) in [7, 11) is 0. The second kappa shape index (κ2) is 8.10. The number of amides is 1. The summed E-state index contributed by atoms with van der Waals surface area (Å²) < 4.78 is 2.92. The molecular weight excluding hydrogens is 366 g/mol. The van der Waals surface area contributed by atoms with E-state index in [0.717, 1.165) is 11.3 Å². The summed E-state index contributed by atoms with van der Waals surface area (Å²) in [5.41, 5.74) is 2.15. The predicted octanol–water partition coefficient (Wildman–Crippen LogP) is 2.50. The molecule has 7 nitrogen and oxygen atoms in total. The van der Waals surface area contributed by atoms with Gasteiger partial charge in [-0.15, -0.1) is 0 Å². The van der Waals surface area contributed by atoms with Crippen molar-refractivity contribution in [1.29, 1.82) is 0 Å². The summed E-state index contributed by atoms with van der Waals surface area (Å²) in [5, 5.41) is 7.55. The minimum Gasteiger partial charge on any atom is -0.354 e. The van der Waals surface area contributed by atoms with Crippen LogP contribution in [-0.4, -0.2) is 31.8 Å². The zero-order valence-electron chi connectivity index (χ0n) is 16.0. The van der Waals surface area contributed by atoms with E-state index in [9.17, 15) is 9.59 Å². The van der Waals surface area contributed by atoms with Gasteiger partial charge in [0, 0.05) is 6.54 Å².